The first-order chi connectivity index (χ1) is 11.7. The summed E-state index contributed by atoms with van der Waals surface area (Å²) in [6.45, 7) is 9.33. The van der Waals surface area contributed by atoms with Crippen molar-refractivity contribution in [3.8, 4) is 5.75 Å². The lowest BCUT2D eigenvalue weighted by molar-refractivity contribution is 0.272. The first-order valence-electron chi connectivity index (χ1n) is 9.14. The first-order valence-corrected chi connectivity index (χ1v) is 10.4. The van der Waals surface area contributed by atoms with E-state index in [0.29, 0.717) is 5.92 Å². The van der Waals surface area contributed by atoms with E-state index in [9.17, 15) is 0 Å². The van der Waals surface area contributed by atoms with Crippen LogP contribution in [0.2, 0.25) is 5.02 Å². The summed E-state index contributed by atoms with van der Waals surface area (Å²) >= 11 is 7.91. The molecule has 2 aliphatic rings. The van der Waals surface area contributed by atoms with Gasteiger partial charge in [0.2, 0.25) is 0 Å². The number of hydrogen-bond acceptors (Lipinski definition) is 2. The minimum Gasteiger partial charge on any atom is -0.492 e. The number of hydrogen-bond donors (Lipinski definition) is 0. The van der Waals surface area contributed by atoms with Crippen molar-refractivity contribution in [3.63, 3.8) is 0 Å². The molecule has 0 saturated carbocycles. The van der Waals surface area contributed by atoms with Gasteiger partial charge < -0.3 is 4.74 Å². The first kappa shape index (κ1) is 19.3. The number of para-hydroxylation sites is 1. The van der Waals surface area contributed by atoms with Crippen molar-refractivity contribution in [2.24, 2.45) is 0 Å². The lowest BCUT2D eigenvalue weighted by Gasteiger charge is -2.23. The molecule has 2 atom stereocenters. The molecule has 0 bridgehead atoms. The van der Waals surface area contributed by atoms with Gasteiger partial charge in [-0.05, 0) is 66.2 Å². The molecule has 2 aromatic rings. The molecular weight excluding hydrogens is 336 g/mol. The third-order valence-electron chi connectivity index (χ3n) is 4.68. The molecule has 1 aliphatic carbocycles. The maximum atomic E-state index is 5.98. The van der Waals surface area contributed by atoms with Crippen LogP contribution in [0, 0.1) is 0 Å². The predicted octanol–water partition coefficient (Wildman–Crippen LogP) is 7.44. The quantitative estimate of drug-likeness (QED) is 0.471. The van der Waals surface area contributed by atoms with Gasteiger partial charge in [0.05, 0.1) is 11.6 Å². The second kappa shape index (κ2) is 9.48. The van der Waals surface area contributed by atoms with Crippen molar-refractivity contribution in [3.05, 3.63) is 50.7 Å². The molecule has 0 amide bonds. The zero-order chi connectivity index (χ0) is 17.5. The molecule has 4 rings (SSSR count). The highest BCUT2D eigenvalue weighted by atomic mass is 35.5. The largest absolute Gasteiger partial charge is 0.492 e. The highest BCUT2D eigenvalue weighted by Crippen LogP contribution is 2.38. The number of aryl methyl sites for hydroxylation is 1. The van der Waals surface area contributed by atoms with Crippen molar-refractivity contribution in [1.29, 1.82) is 0 Å². The third kappa shape index (κ3) is 4.55. The van der Waals surface area contributed by atoms with Crippen LogP contribution in [0.15, 0.2) is 29.6 Å². The van der Waals surface area contributed by atoms with Gasteiger partial charge in [-0.2, -0.15) is 0 Å². The highest BCUT2D eigenvalue weighted by molar-refractivity contribution is 7.10. The Hall–Kier alpha value is -0.990. The van der Waals surface area contributed by atoms with Gasteiger partial charge in [-0.15, -0.1) is 11.3 Å². The Bertz CT molecular complexity index is 635. The number of benzene rings is 1. The van der Waals surface area contributed by atoms with E-state index in [1.165, 1.54) is 24.8 Å². The SMILES string of the molecule is CC.C[C@@H]1CCCc2sccc21.C[C@@H]1CCOc2c(Cl)cccc21. The summed E-state index contributed by atoms with van der Waals surface area (Å²) in [5.41, 5.74) is 2.87. The van der Waals surface area contributed by atoms with Crippen LogP contribution in [-0.2, 0) is 6.42 Å². The molecule has 0 unspecified atom stereocenters. The number of rotatable bonds is 0. The fourth-order valence-corrected chi connectivity index (χ4v) is 4.56. The molecule has 1 aromatic heterocycles. The molecule has 2 heterocycles. The molecular formula is C21H29ClOS. The molecule has 0 N–H and O–H groups in total. The van der Waals surface area contributed by atoms with Crippen LogP contribution in [0.3, 0.4) is 0 Å². The third-order valence-corrected chi connectivity index (χ3v) is 5.97. The molecule has 1 nitrogen and oxygen atoms in total. The molecule has 0 spiro atoms. The van der Waals surface area contributed by atoms with Gasteiger partial charge in [-0.25, -0.2) is 0 Å². The topological polar surface area (TPSA) is 9.23 Å². The fraction of sp³-hybridized carbons (Fsp3) is 0.524. The smallest absolute Gasteiger partial charge is 0.141 e. The fourth-order valence-electron chi connectivity index (χ4n) is 3.28. The number of fused-ring (bicyclic) bond motifs is 2. The predicted molar refractivity (Wildman–Crippen MR) is 107 cm³/mol. The second-order valence-corrected chi connectivity index (χ2v) is 7.70. The van der Waals surface area contributed by atoms with E-state index in [1.54, 1.807) is 10.4 Å². The van der Waals surface area contributed by atoms with Crippen molar-refractivity contribution < 1.29 is 4.74 Å². The van der Waals surface area contributed by atoms with E-state index in [2.05, 4.69) is 31.4 Å². The van der Waals surface area contributed by atoms with Crippen LogP contribution < -0.4 is 4.74 Å². The Morgan fingerprint density at radius 1 is 1.04 bits per heavy atom. The van der Waals surface area contributed by atoms with Crippen LogP contribution in [0.25, 0.3) is 0 Å². The Morgan fingerprint density at radius 3 is 2.50 bits per heavy atom. The van der Waals surface area contributed by atoms with Gasteiger partial charge in [0.1, 0.15) is 5.75 Å². The van der Waals surface area contributed by atoms with Crippen LogP contribution in [0.1, 0.15) is 74.8 Å². The van der Waals surface area contributed by atoms with E-state index < -0.39 is 0 Å². The molecule has 0 saturated heterocycles. The standard InChI is InChI=1S/C10H11ClO.C9H12S.C2H6/c1-7-5-6-12-10-8(7)3-2-4-9(10)11;1-7-3-2-4-9-8(7)5-6-10-9;1-2/h2-4,7H,5-6H2,1H3;5-7H,2-4H2,1H3;1-2H3/t2*7-;/m11./s1. The van der Waals surface area contributed by atoms with Gasteiger partial charge in [0, 0.05) is 4.88 Å². The van der Waals surface area contributed by atoms with Gasteiger partial charge >= 0.3 is 0 Å². The van der Waals surface area contributed by atoms with Crippen LogP contribution >= 0.6 is 22.9 Å². The van der Waals surface area contributed by atoms with Crippen LogP contribution in [0.4, 0.5) is 0 Å². The maximum Gasteiger partial charge on any atom is 0.141 e. The average Bonchev–Trinajstić information content (AvgIpc) is 3.09. The van der Waals surface area contributed by atoms with E-state index in [0.717, 1.165) is 29.7 Å². The summed E-state index contributed by atoms with van der Waals surface area (Å²) < 4.78 is 5.49. The van der Waals surface area contributed by atoms with E-state index in [-0.39, 0.29) is 0 Å². The van der Waals surface area contributed by atoms with E-state index >= 15 is 0 Å². The van der Waals surface area contributed by atoms with Crippen LogP contribution in [0.5, 0.6) is 5.75 Å². The zero-order valence-electron chi connectivity index (χ0n) is 15.3. The number of halogens is 1. The Balaban J connectivity index is 0.000000160. The van der Waals surface area contributed by atoms with Crippen molar-refractivity contribution in [2.45, 2.75) is 65.2 Å². The molecule has 24 heavy (non-hydrogen) atoms. The summed E-state index contributed by atoms with van der Waals surface area (Å²) in [4.78, 5) is 1.64. The van der Waals surface area contributed by atoms with E-state index in [1.807, 2.05) is 37.3 Å². The monoisotopic (exact) mass is 364 g/mol. The normalized spacial score (nSPS) is 21.0. The van der Waals surface area contributed by atoms with Gasteiger partial charge in [-0.1, -0.05) is 51.4 Å². The maximum absolute atomic E-state index is 5.98. The van der Waals surface area contributed by atoms with Gasteiger partial charge in [0.15, 0.2) is 0 Å². The van der Waals surface area contributed by atoms with E-state index in [4.69, 9.17) is 16.3 Å². The van der Waals surface area contributed by atoms with Crippen LogP contribution in [-0.4, -0.2) is 6.61 Å². The Kier molecular flexibility index (Phi) is 7.64. The van der Waals surface area contributed by atoms with Crippen molar-refractivity contribution >= 4 is 22.9 Å². The number of thiophene rings is 1. The molecule has 132 valence electrons. The summed E-state index contributed by atoms with van der Waals surface area (Å²) in [5, 5.41) is 2.96. The molecule has 0 fully saturated rings. The highest BCUT2D eigenvalue weighted by Gasteiger charge is 2.19. The summed E-state index contributed by atoms with van der Waals surface area (Å²) in [6.07, 6.45) is 5.21. The van der Waals surface area contributed by atoms with Crippen molar-refractivity contribution in [2.75, 3.05) is 6.61 Å². The summed E-state index contributed by atoms with van der Waals surface area (Å²) in [5.74, 6) is 2.29. The average molecular weight is 365 g/mol. The lowest BCUT2D eigenvalue weighted by atomic mass is 9.90. The van der Waals surface area contributed by atoms with Gasteiger partial charge in [-0.3, -0.25) is 0 Å². The summed E-state index contributed by atoms with van der Waals surface area (Å²) in [6, 6.07) is 8.24. The minimum absolute atomic E-state index is 0.576. The molecule has 1 aromatic carbocycles. The minimum atomic E-state index is 0.576. The Morgan fingerprint density at radius 2 is 1.79 bits per heavy atom. The molecule has 0 radical (unpaired) electrons. The molecule has 3 heteroatoms. The van der Waals surface area contributed by atoms with Gasteiger partial charge in [0.25, 0.3) is 0 Å². The zero-order valence-corrected chi connectivity index (χ0v) is 16.8. The Labute approximate surface area is 156 Å². The lowest BCUT2D eigenvalue weighted by Crippen LogP contribution is -2.11. The number of ether oxygens (including phenoxy) is 1. The second-order valence-electron chi connectivity index (χ2n) is 6.29. The van der Waals surface area contributed by atoms with Crippen molar-refractivity contribution in [1.82, 2.24) is 0 Å². The summed E-state index contributed by atoms with van der Waals surface area (Å²) in [7, 11) is 0. The molecule has 1 aliphatic heterocycles.